The zero-order chi connectivity index (χ0) is 24.3. The van der Waals surface area contributed by atoms with E-state index in [1.807, 2.05) is 38.1 Å². The highest BCUT2D eigenvalue weighted by Crippen LogP contribution is 2.28. The van der Waals surface area contributed by atoms with E-state index >= 15 is 0 Å². The molecule has 0 aliphatic carbocycles. The number of carbonyl (C=O) groups excluding carboxylic acids is 2. The van der Waals surface area contributed by atoms with Gasteiger partial charge in [0.15, 0.2) is 18.1 Å². The molecule has 0 saturated carbocycles. The van der Waals surface area contributed by atoms with Gasteiger partial charge < -0.3 is 19.5 Å². The van der Waals surface area contributed by atoms with Crippen molar-refractivity contribution in [3.8, 4) is 17.2 Å². The van der Waals surface area contributed by atoms with Crippen molar-refractivity contribution in [3.05, 3.63) is 83.4 Å². The maximum absolute atomic E-state index is 12.4. The number of hydrogen-bond donors (Lipinski definition) is 2. The van der Waals surface area contributed by atoms with E-state index < -0.39 is 0 Å². The first-order chi connectivity index (χ1) is 16.5. The predicted octanol–water partition coefficient (Wildman–Crippen LogP) is 4.18. The molecule has 2 amide bonds. The minimum Gasteiger partial charge on any atom is -0.493 e. The Morgan fingerprint density at radius 1 is 0.971 bits per heavy atom. The van der Waals surface area contributed by atoms with Gasteiger partial charge in [0.05, 0.1) is 19.9 Å². The smallest absolute Gasteiger partial charge is 0.271 e. The van der Waals surface area contributed by atoms with Crippen LogP contribution in [0.5, 0.6) is 17.2 Å². The Kier molecular flexibility index (Phi) is 8.62. The molecule has 2 N–H and O–H groups in total. The number of benzene rings is 3. The Labute approximate surface area is 198 Å². The summed E-state index contributed by atoms with van der Waals surface area (Å²) in [6, 6.07) is 19.4. The molecule has 176 valence electrons. The molecule has 0 spiro atoms. The number of nitrogens with zero attached hydrogens (tertiary/aromatic N) is 1. The molecule has 3 aromatic rings. The molecule has 0 aliphatic rings. The molecule has 0 saturated heterocycles. The third-order valence-corrected chi connectivity index (χ3v) is 4.67. The van der Waals surface area contributed by atoms with Crippen LogP contribution < -0.4 is 25.0 Å². The van der Waals surface area contributed by atoms with Crippen LogP contribution in [-0.4, -0.2) is 38.4 Å². The second-order valence-corrected chi connectivity index (χ2v) is 7.27. The van der Waals surface area contributed by atoms with Gasteiger partial charge in [0.25, 0.3) is 11.8 Å². The van der Waals surface area contributed by atoms with E-state index in [4.69, 9.17) is 14.2 Å². The van der Waals surface area contributed by atoms with Crippen molar-refractivity contribution in [2.45, 2.75) is 13.8 Å². The Morgan fingerprint density at radius 3 is 2.50 bits per heavy atom. The second-order valence-electron chi connectivity index (χ2n) is 7.27. The van der Waals surface area contributed by atoms with Gasteiger partial charge in [0.1, 0.15) is 5.75 Å². The maximum Gasteiger partial charge on any atom is 0.271 e. The van der Waals surface area contributed by atoms with Crippen molar-refractivity contribution in [3.63, 3.8) is 0 Å². The van der Waals surface area contributed by atoms with Gasteiger partial charge in [-0.05, 0) is 61.9 Å². The summed E-state index contributed by atoms with van der Waals surface area (Å²) in [5.74, 6) is 0.885. The molecule has 34 heavy (non-hydrogen) atoms. The molecule has 8 heteroatoms. The highest BCUT2D eigenvalue weighted by atomic mass is 16.5. The largest absolute Gasteiger partial charge is 0.493 e. The number of rotatable bonds is 10. The van der Waals surface area contributed by atoms with E-state index in [1.165, 1.54) is 13.3 Å². The van der Waals surface area contributed by atoms with Crippen LogP contribution in [0.3, 0.4) is 0 Å². The monoisotopic (exact) mass is 461 g/mol. The van der Waals surface area contributed by atoms with Gasteiger partial charge in [-0.1, -0.05) is 29.8 Å². The molecule has 0 aliphatic heterocycles. The molecule has 3 aromatic carbocycles. The van der Waals surface area contributed by atoms with E-state index in [0.717, 1.165) is 5.56 Å². The molecule has 8 nitrogen and oxygen atoms in total. The van der Waals surface area contributed by atoms with Gasteiger partial charge in [-0.25, -0.2) is 5.43 Å². The lowest BCUT2D eigenvalue weighted by atomic mass is 10.2. The number of hydrogen-bond acceptors (Lipinski definition) is 6. The number of amides is 2. The van der Waals surface area contributed by atoms with Gasteiger partial charge in [0, 0.05) is 11.3 Å². The van der Waals surface area contributed by atoms with Crippen LogP contribution in [0.15, 0.2) is 71.8 Å². The summed E-state index contributed by atoms with van der Waals surface area (Å²) in [4.78, 5) is 24.5. The lowest BCUT2D eigenvalue weighted by Gasteiger charge is -2.10. The average molecular weight is 462 g/mol. The van der Waals surface area contributed by atoms with Gasteiger partial charge in [-0.3, -0.25) is 9.59 Å². The van der Waals surface area contributed by atoms with Crippen molar-refractivity contribution in [1.82, 2.24) is 5.43 Å². The minimum atomic E-state index is -0.389. The third-order valence-electron chi connectivity index (χ3n) is 4.67. The van der Waals surface area contributed by atoms with Crippen molar-refractivity contribution in [2.24, 2.45) is 5.10 Å². The molecule has 0 atom stereocenters. The van der Waals surface area contributed by atoms with Crippen LogP contribution in [0, 0.1) is 6.92 Å². The molecule has 0 heterocycles. The SMILES string of the molecule is CCOc1cc(C(=O)N/N=C/c2cccc(OCC(=O)Nc3ccc(C)cc3)c2)ccc1OC. The van der Waals surface area contributed by atoms with Crippen LogP contribution >= 0.6 is 0 Å². The Hall–Kier alpha value is -4.33. The molecule has 3 rings (SSSR count). The molecule has 0 fully saturated rings. The first-order valence-corrected chi connectivity index (χ1v) is 10.7. The highest BCUT2D eigenvalue weighted by molar-refractivity contribution is 5.95. The molecule has 0 aromatic heterocycles. The van der Waals surface area contributed by atoms with Crippen molar-refractivity contribution in [2.75, 3.05) is 25.6 Å². The van der Waals surface area contributed by atoms with Gasteiger partial charge >= 0.3 is 0 Å². The fourth-order valence-electron chi connectivity index (χ4n) is 2.98. The van der Waals surface area contributed by atoms with Crippen molar-refractivity contribution >= 4 is 23.7 Å². The summed E-state index contributed by atoms with van der Waals surface area (Å²) < 4.78 is 16.3. The number of aryl methyl sites for hydroxylation is 1. The first kappa shape index (κ1) is 24.3. The fourth-order valence-corrected chi connectivity index (χ4v) is 2.98. The summed E-state index contributed by atoms with van der Waals surface area (Å²) in [6.45, 7) is 4.15. The lowest BCUT2D eigenvalue weighted by Crippen LogP contribution is -2.20. The lowest BCUT2D eigenvalue weighted by molar-refractivity contribution is -0.118. The Bertz CT molecular complexity index is 1160. The number of nitrogens with one attached hydrogen (secondary N) is 2. The summed E-state index contributed by atoms with van der Waals surface area (Å²) >= 11 is 0. The average Bonchev–Trinajstić information content (AvgIpc) is 2.84. The number of carbonyl (C=O) groups is 2. The standard InChI is InChI=1S/C26H27N3O5/c1-4-33-24-15-20(10-13-23(24)32-3)26(31)29-27-16-19-6-5-7-22(14-19)34-17-25(30)28-21-11-8-18(2)9-12-21/h5-16H,4,17H2,1-3H3,(H,28,30)(H,29,31)/b27-16+. The van der Waals surface area contributed by atoms with Crippen molar-refractivity contribution < 1.29 is 23.8 Å². The highest BCUT2D eigenvalue weighted by Gasteiger charge is 2.10. The molecule has 0 bridgehead atoms. The minimum absolute atomic E-state index is 0.134. The third kappa shape index (κ3) is 7.09. The summed E-state index contributed by atoms with van der Waals surface area (Å²) in [5, 5.41) is 6.78. The van der Waals surface area contributed by atoms with Crippen LogP contribution in [0.2, 0.25) is 0 Å². The molecular formula is C26H27N3O5. The van der Waals surface area contributed by atoms with Crippen LogP contribution in [0.1, 0.15) is 28.4 Å². The summed E-state index contributed by atoms with van der Waals surface area (Å²) in [5.41, 5.74) is 5.39. The quantitative estimate of drug-likeness (QED) is 0.349. The Morgan fingerprint density at radius 2 is 1.76 bits per heavy atom. The van der Waals surface area contributed by atoms with E-state index in [9.17, 15) is 9.59 Å². The number of ether oxygens (including phenoxy) is 3. The molecular weight excluding hydrogens is 434 g/mol. The van der Waals surface area contributed by atoms with E-state index in [1.54, 1.807) is 42.5 Å². The molecule has 0 unspecified atom stereocenters. The van der Waals surface area contributed by atoms with Crippen LogP contribution in [-0.2, 0) is 4.79 Å². The van der Waals surface area contributed by atoms with Gasteiger partial charge in [0.2, 0.25) is 0 Å². The van der Waals surface area contributed by atoms with Crippen molar-refractivity contribution in [1.29, 1.82) is 0 Å². The zero-order valence-corrected chi connectivity index (χ0v) is 19.3. The van der Waals surface area contributed by atoms with Crippen LogP contribution in [0.4, 0.5) is 5.69 Å². The Balaban J connectivity index is 1.54. The predicted molar refractivity (Wildman–Crippen MR) is 131 cm³/mol. The van der Waals surface area contributed by atoms with E-state index in [-0.39, 0.29) is 18.4 Å². The topological polar surface area (TPSA) is 98.3 Å². The zero-order valence-electron chi connectivity index (χ0n) is 19.3. The van der Waals surface area contributed by atoms with Gasteiger partial charge in [-0.15, -0.1) is 0 Å². The fraction of sp³-hybridized carbons (Fsp3) is 0.192. The number of anilines is 1. The first-order valence-electron chi connectivity index (χ1n) is 10.7. The maximum atomic E-state index is 12.4. The van der Waals surface area contributed by atoms with E-state index in [2.05, 4.69) is 15.8 Å². The number of hydrazone groups is 1. The number of methoxy groups -OCH3 is 1. The molecule has 0 radical (unpaired) electrons. The van der Waals surface area contributed by atoms with E-state index in [0.29, 0.717) is 40.7 Å². The normalized spacial score (nSPS) is 10.6. The summed E-state index contributed by atoms with van der Waals surface area (Å²) in [6.07, 6.45) is 1.49. The second kappa shape index (κ2) is 12.1. The van der Waals surface area contributed by atoms with Gasteiger partial charge in [-0.2, -0.15) is 5.10 Å². The van der Waals surface area contributed by atoms with Crippen LogP contribution in [0.25, 0.3) is 0 Å². The summed E-state index contributed by atoms with van der Waals surface area (Å²) in [7, 11) is 1.54.